The van der Waals surface area contributed by atoms with E-state index >= 15 is 0 Å². The zero-order valence-corrected chi connectivity index (χ0v) is 14.1. The molecule has 118 valence electrons. The van der Waals surface area contributed by atoms with Gasteiger partial charge in [0.2, 0.25) is 0 Å². The van der Waals surface area contributed by atoms with Crippen molar-refractivity contribution in [1.82, 2.24) is 4.98 Å². The van der Waals surface area contributed by atoms with Crippen LogP contribution in [0.15, 0.2) is 34.8 Å². The maximum Gasteiger partial charge on any atom is 0.126 e. The molecule has 22 heavy (non-hydrogen) atoms. The maximum absolute atomic E-state index is 5.70. The zero-order chi connectivity index (χ0) is 15.2. The Labute approximate surface area is 139 Å². The number of nitrogens with one attached hydrogen (secondary N) is 1. The molecule has 1 aliphatic heterocycles. The summed E-state index contributed by atoms with van der Waals surface area (Å²) in [5, 5.41) is 4.50. The summed E-state index contributed by atoms with van der Waals surface area (Å²) in [6, 6.07) is 10.2. The summed E-state index contributed by atoms with van der Waals surface area (Å²) < 4.78 is 12.1. The van der Waals surface area contributed by atoms with Gasteiger partial charge >= 0.3 is 0 Å². The summed E-state index contributed by atoms with van der Waals surface area (Å²) in [5.74, 6) is 1.50. The highest BCUT2D eigenvalue weighted by Crippen LogP contribution is 2.23. The number of fused-ring (bicyclic) bond motifs is 1. The van der Waals surface area contributed by atoms with E-state index in [-0.39, 0.29) is 0 Å². The summed E-state index contributed by atoms with van der Waals surface area (Å²) in [6.45, 7) is 4.21. The standard InChI is InChI=1S/C17H21BrN2O2/c18-15-4-1-3-14-5-6-16(20-17(14)15)19-8-2-9-21-11-13-7-10-22-12-13/h1,3-6,13H,2,7-12H2,(H,19,20). The molecule has 1 atom stereocenters. The molecule has 1 aromatic heterocycles. The van der Waals surface area contributed by atoms with Gasteiger partial charge in [-0.05, 0) is 47.0 Å². The van der Waals surface area contributed by atoms with Gasteiger partial charge in [-0.3, -0.25) is 0 Å². The molecule has 2 aromatic rings. The van der Waals surface area contributed by atoms with Crippen LogP contribution in [0, 0.1) is 5.92 Å². The number of rotatable bonds is 7. The molecule has 1 fully saturated rings. The number of hydrogen-bond donors (Lipinski definition) is 1. The van der Waals surface area contributed by atoms with Crippen molar-refractivity contribution in [3.05, 3.63) is 34.8 Å². The number of aromatic nitrogens is 1. The monoisotopic (exact) mass is 364 g/mol. The number of anilines is 1. The predicted octanol–water partition coefficient (Wildman–Crippen LogP) is 3.85. The fraction of sp³-hybridized carbons (Fsp3) is 0.471. The van der Waals surface area contributed by atoms with Crippen LogP contribution in [0.1, 0.15) is 12.8 Å². The van der Waals surface area contributed by atoms with E-state index in [0.29, 0.717) is 5.92 Å². The van der Waals surface area contributed by atoms with Crippen LogP contribution in [0.2, 0.25) is 0 Å². The van der Waals surface area contributed by atoms with Gasteiger partial charge in [-0.2, -0.15) is 0 Å². The second-order valence-electron chi connectivity index (χ2n) is 5.59. The Hall–Kier alpha value is -1.17. The highest BCUT2D eigenvalue weighted by molar-refractivity contribution is 9.10. The first kappa shape index (κ1) is 15.7. The lowest BCUT2D eigenvalue weighted by atomic mass is 10.1. The molecule has 5 heteroatoms. The molecule has 0 spiro atoms. The largest absolute Gasteiger partial charge is 0.381 e. The number of nitrogens with zero attached hydrogens (tertiary/aromatic N) is 1. The molecule has 1 unspecified atom stereocenters. The first-order chi connectivity index (χ1) is 10.8. The Morgan fingerprint density at radius 2 is 2.27 bits per heavy atom. The fourth-order valence-electron chi connectivity index (χ4n) is 2.56. The third-order valence-electron chi connectivity index (χ3n) is 3.82. The normalized spacial score (nSPS) is 18.0. The van der Waals surface area contributed by atoms with Gasteiger partial charge in [0.25, 0.3) is 0 Å². The summed E-state index contributed by atoms with van der Waals surface area (Å²) in [5.41, 5.74) is 0.991. The van der Waals surface area contributed by atoms with Crippen LogP contribution >= 0.6 is 15.9 Å². The Bertz CT molecular complexity index is 615. The van der Waals surface area contributed by atoms with Crippen molar-refractivity contribution in [3.63, 3.8) is 0 Å². The van der Waals surface area contributed by atoms with Crippen LogP contribution in [0.4, 0.5) is 5.82 Å². The lowest BCUT2D eigenvalue weighted by Crippen LogP contribution is -2.12. The van der Waals surface area contributed by atoms with Gasteiger partial charge in [-0.25, -0.2) is 4.98 Å². The van der Waals surface area contributed by atoms with Crippen molar-refractivity contribution in [1.29, 1.82) is 0 Å². The number of hydrogen-bond acceptors (Lipinski definition) is 4. The van der Waals surface area contributed by atoms with Crippen molar-refractivity contribution in [2.75, 3.05) is 38.3 Å². The maximum atomic E-state index is 5.70. The lowest BCUT2D eigenvalue weighted by Gasteiger charge is -2.10. The highest BCUT2D eigenvalue weighted by atomic mass is 79.9. The Balaban J connectivity index is 1.40. The average molecular weight is 365 g/mol. The van der Waals surface area contributed by atoms with Gasteiger partial charge in [0.1, 0.15) is 5.82 Å². The third kappa shape index (κ3) is 4.18. The Kier molecular flexibility index (Phi) is 5.64. The molecule has 0 saturated carbocycles. The van der Waals surface area contributed by atoms with Gasteiger partial charge in [0.15, 0.2) is 0 Å². The molecule has 3 rings (SSSR count). The van der Waals surface area contributed by atoms with Crippen LogP contribution in [0.3, 0.4) is 0 Å². The van der Waals surface area contributed by atoms with Crippen molar-refractivity contribution in [2.45, 2.75) is 12.8 Å². The number of pyridine rings is 1. The SMILES string of the molecule is Brc1cccc2ccc(NCCCOCC3CCOC3)nc12. The second-order valence-corrected chi connectivity index (χ2v) is 6.45. The first-order valence-corrected chi connectivity index (χ1v) is 8.57. The predicted molar refractivity (Wildman–Crippen MR) is 92.3 cm³/mol. The first-order valence-electron chi connectivity index (χ1n) is 7.77. The average Bonchev–Trinajstić information content (AvgIpc) is 3.05. The lowest BCUT2D eigenvalue weighted by molar-refractivity contribution is 0.0897. The second kappa shape index (κ2) is 7.90. The summed E-state index contributed by atoms with van der Waals surface area (Å²) in [6.07, 6.45) is 2.11. The smallest absolute Gasteiger partial charge is 0.126 e. The summed E-state index contributed by atoms with van der Waals surface area (Å²) in [4.78, 5) is 4.64. The molecule has 0 aliphatic carbocycles. The van der Waals surface area contributed by atoms with Crippen LogP contribution in [0.25, 0.3) is 10.9 Å². The van der Waals surface area contributed by atoms with E-state index in [1.54, 1.807) is 0 Å². The minimum atomic E-state index is 0.590. The van der Waals surface area contributed by atoms with E-state index in [2.05, 4.69) is 38.4 Å². The summed E-state index contributed by atoms with van der Waals surface area (Å²) in [7, 11) is 0. The van der Waals surface area contributed by atoms with Gasteiger partial charge in [0.05, 0.1) is 18.7 Å². The number of benzene rings is 1. The molecule has 2 heterocycles. The molecule has 4 nitrogen and oxygen atoms in total. The topological polar surface area (TPSA) is 43.4 Å². The molecule has 0 amide bonds. The van der Waals surface area contributed by atoms with Crippen LogP contribution in [-0.4, -0.2) is 38.0 Å². The van der Waals surface area contributed by atoms with E-state index in [9.17, 15) is 0 Å². The minimum Gasteiger partial charge on any atom is -0.381 e. The zero-order valence-electron chi connectivity index (χ0n) is 12.6. The number of ether oxygens (including phenoxy) is 2. The van der Waals surface area contributed by atoms with E-state index in [1.165, 1.54) is 0 Å². The molecule has 1 aromatic carbocycles. The quantitative estimate of drug-likeness (QED) is 0.757. The van der Waals surface area contributed by atoms with Crippen molar-refractivity contribution < 1.29 is 9.47 Å². The highest BCUT2D eigenvalue weighted by Gasteiger charge is 2.15. The van der Waals surface area contributed by atoms with E-state index in [4.69, 9.17) is 9.47 Å². The minimum absolute atomic E-state index is 0.590. The molecule has 1 saturated heterocycles. The Morgan fingerprint density at radius 3 is 3.14 bits per heavy atom. The fourth-order valence-corrected chi connectivity index (χ4v) is 3.04. The van der Waals surface area contributed by atoms with Gasteiger partial charge < -0.3 is 14.8 Å². The molecule has 0 bridgehead atoms. The molecule has 1 N–H and O–H groups in total. The molecule has 0 radical (unpaired) electrons. The molecular formula is C17H21BrN2O2. The van der Waals surface area contributed by atoms with E-state index in [1.807, 2.05) is 18.2 Å². The van der Waals surface area contributed by atoms with Crippen LogP contribution in [0.5, 0.6) is 0 Å². The molecule has 1 aliphatic rings. The van der Waals surface area contributed by atoms with Crippen LogP contribution in [-0.2, 0) is 9.47 Å². The van der Waals surface area contributed by atoms with E-state index < -0.39 is 0 Å². The number of para-hydroxylation sites is 1. The molecular weight excluding hydrogens is 344 g/mol. The van der Waals surface area contributed by atoms with Crippen LogP contribution < -0.4 is 5.32 Å². The van der Waals surface area contributed by atoms with Gasteiger partial charge in [0, 0.05) is 35.5 Å². The van der Waals surface area contributed by atoms with Crippen molar-refractivity contribution >= 4 is 32.7 Å². The van der Waals surface area contributed by atoms with Crippen molar-refractivity contribution in [3.8, 4) is 0 Å². The van der Waals surface area contributed by atoms with Gasteiger partial charge in [-0.1, -0.05) is 12.1 Å². The van der Waals surface area contributed by atoms with Gasteiger partial charge in [-0.15, -0.1) is 0 Å². The summed E-state index contributed by atoms with van der Waals surface area (Å²) >= 11 is 3.55. The number of halogens is 1. The Morgan fingerprint density at radius 1 is 1.32 bits per heavy atom. The van der Waals surface area contributed by atoms with Crippen molar-refractivity contribution in [2.24, 2.45) is 5.92 Å². The van der Waals surface area contributed by atoms with E-state index in [0.717, 1.165) is 67.0 Å². The third-order valence-corrected chi connectivity index (χ3v) is 4.46.